The summed E-state index contributed by atoms with van der Waals surface area (Å²) in [7, 11) is 0. The number of nitrogens with one attached hydrogen (secondary N) is 1. The van der Waals surface area contributed by atoms with Crippen molar-refractivity contribution >= 4 is 29.3 Å². The highest BCUT2D eigenvalue weighted by Crippen LogP contribution is 2.15. The normalized spacial score (nSPS) is 12.1. The van der Waals surface area contributed by atoms with Crippen molar-refractivity contribution in [2.24, 2.45) is 0 Å². The molecule has 7 heteroatoms. The summed E-state index contributed by atoms with van der Waals surface area (Å²) < 4.78 is 0. The first-order valence-corrected chi connectivity index (χ1v) is 6.32. The summed E-state index contributed by atoms with van der Waals surface area (Å²) in [6.07, 6.45) is 0.901. The largest absolute Gasteiger partial charge is 0.383 e. The second-order valence-electron chi connectivity index (χ2n) is 3.67. The topological polar surface area (TPSA) is 107 Å². The molecule has 1 atom stereocenters. The van der Waals surface area contributed by atoms with Crippen LogP contribution in [0.2, 0.25) is 0 Å². The van der Waals surface area contributed by atoms with Gasteiger partial charge in [0.1, 0.15) is 11.6 Å². The highest BCUT2D eigenvalue weighted by molar-refractivity contribution is 7.99. The van der Waals surface area contributed by atoms with Crippen molar-refractivity contribution in [2.75, 3.05) is 17.2 Å². The fraction of sp³-hybridized carbons (Fsp3) is 0.500. The van der Waals surface area contributed by atoms with Crippen LogP contribution in [0, 0.1) is 0 Å². The van der Waals surface area contributed by atoms with Gasteiger partial charge in [-0.25, -0.2) is 9.97 Å². The molecule has 1 aromatic heterocycles. The molecule has 17 heavy (non-hydrogen) atoms. The Labute approximate surface area is 105 Å². The van der Waals surface area contributed by atoms with Crippen LogP contribution in [-0.2, 0) is 4.79 Å². The maximum atomic E-state index is 11.5. The summed E-state index contributed by atoms with van der Waals surface area (Å²) in [5.41, 5.74) is 11.0. The number of anilines is 2. The predicted octanol–water partition coefficient (Wildman–Crippen LogP) is 0.648. The van der Waals surface area contributed by atoms with Crippen molar-refractivity contribution in [3.05, 3.63) is 6.07 Å². The van der Waals surface area contributed by atoms with E-state index in [2.05, 4.69) is 15.3 Å². The standard InChI is InChI=1S/C10H17N5OS/c1-3-6(2)13-9(16)5-17-10-14-7(11)4-8(12)15-10/h4,6H,3,5H2,1-2H3,(H,13,16)(H4,11,12,14,15). The predicted molar refractivity (Wildman–Crippen MR) is 69.5 cm³/mol. The van der Waals surface area contributed by atoms with Crippen LogP contribution in [0.5, 0.6) is 0 Å². The molecule has 0 bridgehead atoms. The van der Waals surface area contributed by atoms with Gasteiger partial charge in [0, 0.05) is 12.1 Å². The van der Waals surface area contributed by atoms with E-state index in [1.165, 1.54) is 17.8 Å². The first-order valence-electron chi connectivity index (χ1n) is 5.33. The molecule has 1 rings (SSSR count). The Hall–Kier alpha value is -1.50. The smallest absolute Gasteiger partial charge is 0.230 e. The molecular weight excluding hydrogens is 238 g/mol. The molecule has 5 N–H and O–H groups in total. The number of amides is 1. The summed E-state index contributed by atoms with van der Waals surface area (Å²) >= 11 is 1.22. The zero-order chi connectivity index (χ0) is 12.8. The second kappa shape index (κ2) is 6.29. The Morgan fingerprint density at radius 1 is 1.47 bits per heavy atom. The highest BCUT2D eigenvalue weighted by atomic mass is 32.2. The highest BCUT2D eigenvalue weighted by Gasteiger charge is 2.08. The van der Waals surface area contributed by atoms with E-state index in [0.717, 1.165) is 6.42 Å². The molecule has 0 fully saturated rings. The van der Waals surface area contributed by atoms with Crippen molar-refractivity contribution < 1.29 is 4.79 Å². The fourth-order valence-electron chi connectivity index (χ4n) is 1.08. The molecule has 0 aromatic carbocycles. The second-order valence-corrected chi connectivity index (χ2v) is 4.61. The van der Waals surface area contributed by atoms with Gasteiger partial charge in [-0.3, -0.25) is 4.79 Å². The lowest BCUT2D eigenvalue weighted by Crippen LogP contribution is -2.33. The minimum absolute atomic E-state index is 0.0473. The van der Waals surface area contributed by atoms with Crippen molar-refractivity contribution in [1.29, 1.82) is 0 Å². The molecule has 94 valence electrons. The van der Waals surface area contributed by atoms with E-state index in [1.807, 2.05) is 13.8 Å². The zero-order valence-corrected chi connectivity index (χ0v) is 10.8. The van der Waals surface area contributed by atoms with E-state index >= 15 is 0 Å². The molecule has 1 amide bonds. The number of nitrogen functional groups attached to an aromatic ring is 2. The van der Waals surface area contributed by atoms with Gasteiger partial charge in [-0.05, 0) is 13.3 Å². The number of carbonyl (C=O) groups excluding carboxylic acids is 1. The number of thioether (sulfide) groups is 1. The summed E-state index contributed by atoms with van der Waals surface area (Å²) in [5.74, 6) is 0.825. The molecular formula is C10H17N5OS. The van der Waals surface area contributed by atoms with Crippen molar-refractivity contribution in [3.8, 4) is 0 Å². The average Bonchev–Trinajstić information content (AvgIpc) is 2.25. The maximum absolute atomic E-state index is 11.5. The van der Waals surface area contributed by atoms with Gasteiger partial charge in [-0.15, -0.1) is 0 Å². The van der Waals surface area contributed by atoms with Gasteiger partial charge in [-0.2, -0.15) is 0 Å². The Bertz CT molecular complexity index is 378. The van der Waals surface area contributed by atoms with Crippen LogP contribution in [0.1, 0.15) is 20.3 Å². The SMILES string of the molecule is CCC(C)NC(=O)CSc1nc(N)cc(N)n1. The lowest BCUT2D eigenvalue weighted by Gasteiger charge is -2.10. The van der Waals surface area contributed by atoms with E-state index in [-0.39, 0.29) is 17.7 Å². The Balaban J connectivity index is 2.47. The van der Waals surface area contributed by atoms with Crippen LogP contribution in [0.25, 0.3) is 0 Å². The molecule has 0 aliphatic carbocycles. The minimum atomic E-state index is -0.0473. The molecule has 1 unspecified atom stereocenters. The van der Waals surface area contributed by atoms with E-state index < -0.39 is 0 Å². The number of nitrogens with zero attached hydrogens (tertiary/aromatic N) is 2. The lowest BCUT2D eigenvalue weighted by atomic mass is 10.3. The van der Waals surface area contributed by atoms with Crippen LogP contribution < -0.4 is 16.8 Å². The molecule has 0 aliphatic rings. The van der Waals surface area contributed by atoms with E-state index in [4.69, 9.17) is 11.5 Å². The number of hydrogen-bond donors (Lipinski definition) is 3. The lowest BCUT2D eigenvalue weighted by molar-refractivity contribution is -0.119. The maximum Gasteiger partial charge on any atom is 0.230 e. The van der Waals surface area contributed by atoms with E-state index in [9.17, 15) is 4.79 Å². The third-order valence-electron chi connectivity index (χ3n) is 2.10. The molecule has 0 spiro atoms. The summed E-state index contributed by atoms with van der Waals surface area (Å²) in [4.78, 5) is 19.5. The van der Waals surface area contributed by atoms with Crippen LogP contribution in [-0.4, -0.2) is 27.7 Å². The number of rotatable bonds is 5. The van der Waals surface area contributed by atoms with Gasteiger partial charge in [0.2, 0.25) is 5.91 Å². The van der Waals surface area contributed by atoms with Crippen molar-refractivity contribution in [2.45, 2.75) is 31.5 Å². The Morgan fingerprint density at radius 3 is 2.59 bits per heavy atom. The fourth-order valence-corrected chi connectivity index (χ4v) is 1.76. The third-order valence-corrected chi connectivity index (χ3v) is 2.94. The molecule has 1 aromatic rings. The molecule has 0 radical (unpaired) electrons. The molecule has 0 saturated carbocycles. The van der Waals surface area contributed by atoms with E-state index in [0.29, 0.717) is 16.8 Å². The number of nitrogens with two attached hydrogens (primary N) is 2. The van der Waals surface area contributed by atoms with Gasteiger partial charge >= 0.3 is 0 Å². The van der Waals surface area contributed by atoms with Crippen LogP contribution in [0.4, 0.5) is 11.6 Å². The van der Waals surface area contributed by atoms with Gasteiger partial charge < -0.3 is 16.8 Å². The van der Waals surface area contributed by atoms with Gasteiger partial charge in [-0.1, -0.05) is 18.7 Å². The average molecular weight is 255 g/mol. The zero-order valence-electron chi connectivity index (χ0n) is 9.93. The monoisotopic (exact) mass is 255 g/mol. The Kier molecular flexibility index (Phi) is 5.02. The number of carbonyl (C=O) groups is 1. The Morgan fingerprint density at radius 2 is 2.06 bits per heavy atom. The summed E-state index contributed by atoms with van der Waals surface area (Å²) in [6, 6.07) is 1.65. The first-order chi connectivity index (χ1) is 8.01. The summed E-state index contributed by atoms with van der Waals surface area (Å²) in [6.45, 7) is 3.97. The van der Waals surface area contributed by atoms with Gasteiger partial charge in [0.25, 0.3) is 0 Å². The van der Waals surface area contributed by atoms with Gasteiger partial charge in [0.15, 0.2) is 5.16 Å². The van der Waals surface area contributed by atoms with E-state index in [1.54, 1.807) is 0 Å². The minimum Gasteiger partial charge on any atom is -0.383 e. The molecule has 6 nitrogen and oxygen atoms in total. The third kappa shape index (κ3) is 4.90. The van der Waals surface area contributed by atoms with Crippen LogP contribution in [0.15, 0.2) is 11.2 Å². The number of aromatic nitrogens is 2. The van der Waals surface area contributed by atoms with Crippen molar-refractivity contribution in [3.63, 3.8) is 0 Å². The van der Waals surface area contributed by atoms with Crippen molar-refractivity contribution in [1.82, 2.24) is 15.3 Å². The summed E-state index contributed by atoms with van der Waals surface area (Å²) in [5, 5.41) is 3.27. The first kappa shape index (κ1) is 13.6. The van der Waals surface area contributed by atoms with Gasteiger partial charge in [0.05, 0.1) is 5.75 Å². The number of hydrogen-bond acceptors (Lipinski definition) is 6. The van der Waals surface area contributed by atoms with Crippen LogP contribution >= 0.6 is 11.8 Å². The molecule has 1 heterocycles. The van der Waals surface area contributed by atoms with Crippen LogP contribution in [0.3, 0.4) is 0 Å². The molecule has 0 aliphatic heterocycles. The molecule has 0 saturated heterocycles. The quantitative estimate of drug-likeness (QED) is 0.526.